The first-order valence-corrected chi connectivity index (χ1v) is 9.58. The number of rotatable bonds is 4. The molecule has 0 radical (unpaired) electrons. The molecule has 2 N–H and O–H groups in total. The van der Waals surface area contributed by atoms with E-state index >= 15 is 0 Å². The number of carboxylic acid groups (broad SMARTS) is 1. The van der Waals surface area contributed by atoms with E-state index in [1.54, 1.807) is 18.2 Å². The van der Waals surface area contributed by atoms with Crippen LogP contribution in [0.5, 0.6) is 0 Å². The largest absolute Gasteiger partial charge is 0.478 e. The number of hydrogen-bond donors (Lipinski definition) is 2. The van der Waals surface area contributed by atoms with Crippen LogP contribution in [0.4, 0.5) is 11.4 Å². The minimum atomic E-state index is -1.19. The molecule has 4 rings (SSSR count). The first kappa shape index (κ1) is 20.3. The van der Waals surface area contributed by atoms with Crippen LogP contribution in [0.25, 0.3) is 0 Å². The number of imide groups is 1. The Hall–Kier alpha value is -3.97. The molecule has 0 aliphatic carbocycles. The van der Waals surface area contributed by atoms with Crippen molar-refractivity contribution in [3.05, 3.63) is 93.5 Å². The lowest BCUT2D eigenvalue weighted by atomic mass is 10.1. The summed E-state index contributed by atoms with van der Waals surface area (Å²) in [7, 11) is 0. The third-order valence-corrected chi connectivity index (χ3v) is 5.20. The topological polar surface area (TPSA) is 104 Å². The molecule has 31 heavy (non-hydrogen) atoms. The standard InChI is InChI=1S/C23H15ClN2O5/c1-12-2-6-15(24)11-19(12)25-20(27)13-3-7-16(8-4-13)26-21(28)17-9-5-14(23(30)31)10-18(17)22(26)29/h2-11H,1H3,(H,25,27)(H,30,31). The highest BCUT2D eigenvalue weighted by molar-refractivity contribution is 6.34. The molecule has 0 fully saturated rings. The highest BCUT2D eigenvalue weighted by Gasteiger charge is 2.37. The zero-order valence-electron chi connectivity index (χ0n) is 16.2. The lowest BCUT2D eigenvalue weighted by Gasteiger charge is -2.14. The average molecular weight is 435 g/mol. The second kappa shape index (κ2) is 7.70. The van der Waals surface area contributed by atoms with E-state index in [2.05, 4.69) is 5.32 Å². The van der Waals surface area contributed by atoms with Crippen molar-refractivity contribution < 1.29 is 24.3 Å². The Kier molecular flexibility index (Phi) is 5.04. The molecule has 1 heterocycles. The Bertz CT molecular complexity index is 1270. The van der Waals surface area contributed by atoms with Crippen molar-refractivity contribution in [2.75, 3.05) is 10.2 Å². The number of carbonyl (C=O) groups excluding carboxylic acids is 3. The van der Waals surface area contributed by atoms with Crippen molar-refractivity contribution in [3.63, 3.8) is 0 Å². The fraction of sp³-hybridized carbons (Fsp3) is 0.0435. The number of carboxylic acids is 1. The number of nitrogens with one attached hydrogen (secondary N) is 1. The van der Waals surface area contributed by atoms with Crippen LogP contribution in [-0.2, 0) is 0 Å². The Morgan fingerprint density at radius 2 is 1.52 bits per heavy atom. The number of hydrogen-bond acceptors (Lipinski definition) is 4. The zero-order chi connectivity index (χ0) is 22.3. The molecule has 3 amide bonds. The number of amides is 3. The number of nitrogens with zero attached hydrogens (tertiary/aromatic N) is 1. The highest BCUT2D eigenvalue weighted by Crippen LogP contribution is 2.29. The predicted molar refractivity (Wildman–Crippen MR) is 115 cm³/mol. The third-order valence-electron chi connectivity index (χ3n) is 4.97. The van der Waals surface area contributed by atoms with Crippen LogP contribution in [-0.4, -0.2) is 28.8 Å². The summed E-state index contributed by atoms with van der Waals surface area (Å²) in [5.74, 6) is -2.73. The fourth-order valence-corrected chi connectivity index (χ4v) is 3.47. The molecule has 0 bridgehead atoms. The molecule has 3 aromatic carbocycles. The van der Waals surface area contributed by atoms with Crippen LogP contribution in [0.15, 0.2) is 60.7 Å². The molecule has 1 aliphatic heterocycles. The molecule has 0 unspecified atom stereocenters. The maximum Gasteiger partial charge on any atom is 0.335 e. The van der Waals surface area contributed by atoms with Crippen molar-refractivity contribution in [1.29, 1.82) is 0 Å². The quantitative estimate of drug-likeness (QED) is 0.592. The lowest BCUT2D eigenvalue weighted by Crippen LogP contribution is -2.29. The van der Waals surface area contributed by atoms with E-state index in [-0.39, 0.29) is 28.3 Å². The molecule has 154 valence electrons. The molecule has 7 nitrogen and oxygen atoms in total. The molecule has 0 aromatic heterocycles. The van der Waals surface area contributed by atoms with E-state index in [0.29, 0.717) is 16.3 Å². The van der Waals surface area contributed by atoms with Crippen LogP contribution < -0.4 is 10.2 Å². The van der Waals surface area contributed by atoms with Gasteiger partial charge in [-0.15, -0.1) is 0 Å². The number of halogens is 1. The molecule has 8 heteroatoms. The Morgan fingerprint density at radius 1 is 0.871 bits per heavy atom. The van der Waals surface area contributed by atoms with Gasteiger partial charge in [-0.2, -0.15) is 0 Å². The van der Waals surface area contributed by atoms with Crippen LogP contribution in [0.1, 0.15) is 47.0 Å². The van der Waals surface area contributed by atoms with E-state index in [9.17, 15) is 19.2 Å². The number of carbonyl (C=O) groups is 4. The summed E-state index contributed by atoms with van der Waals surface area (Å²) < 4.78 is 0. The van der Waals surface area contributed by atoms with E-state index in [1.807, 2.05) is 6.92 Å². The van der Waals surface area contributed by atoms with Gasteiger partial charge in [-0.3, -0.25) is 14.4 Å². The maximum absolute atomic E-state index is 12.7. The Balaban J connectivity index is 1.57. The average Bonchev–Trinajstić information content (AvgIpc) is 3.00. The SMILES string of the molecule is Cc1ccc(Cl)cc1NC(=O)c1ccc(N2C(=O)c3ccc(C(=O)O)cc3C2=O)cc1. The molecule has 1 aliphatic rings. The van der Waals surface area contributed by atoms with Gasteiger partial charge in [0.1, 0.15) is 0 Å². The van der Waals surface area contributed by atoms with Crippen molar-refractivity contribution in [2.24, 2.45) is 0 Å². The molecule has 0 saturated carbocycles. The van der Waals surface area contributed by atoms with E-state index in [1.165, 1.54) is 42.5 Å². The van der Waals surface area contributed by atoms with Gasteiger partial charge >= 0.3 is 5.97 Å². The fourth-order valence-electron chi connectivity index (χ4n) is 3.29. The van der Waals surface area contributed by atoms with Gasteiger partial charge in [-0.25, -0.2) is 9.69 Å². The summed E-state index contributed by atoms with van der Waals surface area (Å²) in [4.78, 5) is 50.1. The summed E-state index contributed by atoms with van der Waals surface area (Å²) >= 11 is 5.98. The van der Waals surface area contributed by atoms with Gasteiger partial charge in [0.15, 0.2) is 0 Å². The van der Waals surface area contributed by atoms with E-state index in [0.717, 1.165) is 10.5 Å². The monoisotopic (exact) mass is 434 g/mol. The van der Waals surface area contributed by atoms with Crippen LogP contribution in [0, 0.1) is 6.92 Å². The summed E-state index contributed by atoms with van der Waals surface area (Å²) in [6, 6.07) is 14.9. The van der Waals surface area contributed by atoms with Gasteiger partial charge in [-0.05, 0) is 67.1 Å². The number of benzene rings is 3. The summed E-state index contributed by atoms with van der Waals surface area (Å²) in [5.41, 5.74) is 2.12. The minimum absolute atomic E-state index is 0.0307. The third kappa shape index (κ3) is 3.67. The predicted octanol–water partition coefficient (Wildman–Crippen LogP) is 4.40. The van der Waals surface area contributed by atoms with Crippen LogP contribution in [0.2, 0.25) is 5.02 Å². The van der Waals surface area contributed by atoms with Crippen LogP contribution in [0.3, 0.4) is 0 Å². The van der Waals surface area contributed by atoms with Crippen molar-refractivity contribution in [1.82, 2.24) is 0 Å². The van der Waals surface area contributed by atoms with Gasteiger partial charge in [0.25, 0.3) is 17.7 Å². The summed E-state index contributed by atoms with van der Waals surface area (Å²) in [5, 5.41) is 12.4. The molecule has 3 aromatic rings. The van der Waals surface area contributed by atoms with Gasteiger partial charge in [0.2, 0.25) is 0 Å². The molecular weight excluding hydrogens is 420 g/mol. The molecule has 0 saturated heterocycles. The van der Waals surface area contributed by atoms with E-state index < -0.39 is 17.8 Å². The van der Waals surface area contributed by atoms with Crippen molar-refractivity contribution in [3.8, 4) is 0 Å². The maximum atomic E-state index is 12.7. The number of aryl methyl sites for hydroxylation is 1. The van der Waals surface area contributed by atoms with Crippen molar-refractivity contribution >= 4 is 46.7 Å². The molecule has 0 spiro atoms. The molecule has 0 atom stereocenters. The van der Waals surface area contributed by atoms with Crippen LogP contribution >= 0.6 is 11.6 Å². The van der Waals surface area contributed by atoms with Gasteiger partial charge in [0.05, 0.1) is 22.4 Å². The number of anilines is 2. The van der Waals surface area contributed by atoms with Gasteiger partial charge in [-0.1, -0.05) is 17.7 Å². The van der Waals surface area contributed by atoms with Gasteiger partial charge < -0.3 is 10.4 Å². The van der Waals surface area contributed by atoms with Gasteiger partial charge in [0, 0.05) is 16.3 Å². The highest BCUT2D eigenvalue weighted by atomic mass is 35.5. The second-order valence-electron chi connectivity index (χ2n) is 6.97. The van der Waals surface area contributed by atoms with Crippen molar-refractivity contribution in [2.45, 2.75) is 6.92 Å². The first-order chi connectivity index (χ1) is 14.8. The normalized spacial score (nSPS) is 12.6. The zero-order valence-corrected chi connectivity index (χ0v) is 16.9. The van der Waals surface area contributed by atoms with E-state index in [4.69, 9.17) is 16.7 Å². The number of fused-ring (bicyclic) bond motifs is 1. The Morgan fingerprint density at radius 3 is 2.19 bits per heavy atom. The molecular formula is C23H15ClN2O5. The smallest absolute Gasteiger partial charge is 0.335 e. The lowest BCUT2D eigenvalue weighted by molar-refractivity contribution is 0.0696. The first-order valence-electron chi connectivity index (χ1n) is 9.20. The second-order valence-corrected chi connectivity index (χ2v) is 7.41. The summed E-state index contributed by atoms with van der Waals surface area (Å²) in [6.07, 6.45) is 0. The Labute approximate surface area is 181 Å². The summed E-state index contributed by atoms with van der Waals surface area (Å²) in [6.45, 7) is 1.84. The number of aromatic carboxylic acids is 1. The minimum Gasteiger partial charge on any atom is -0.478 e.